The van der Waals surface area contributed by atoms with Gasteiger partial charge in [0.25, 0.3) is 5.91 Å². The van der Waals surface area contributed by atoms with E-state index in [-0.39, 0.29) is 5.91 Å². The lowest BCUT2D eigenvalue weighted by molar-refractivity contribution is -0.143. The van der Waals surface area contributed by atoms with E-state index in [2.05, 4.69) is 6.07 Å². The zero-order valence-corrected chi connectivity index (χ0v) is 15.8. The van der Waals surface area contributed by atoms with Crippen LogP contribution in [-0.4, -0.2) is 41.7 Å². The van der Waals surface area contributed by atoms with E-state index in [1.807, 2.05) is 18.4 Å². The lowest BCUT2D eigenvalue weighted by Crippen LogP contribution is -2.53. The van der Waals surface area contributed by atoms with Crippen molar-refractivity contribution < 1.29 is 14.3 Å². The van der Waals surface area contributed by atoms with E-state index in [1.165, 1.54) is 16.7 Å². The molecule has 1 aromatic carbocycles. The van der Waals surface area contributed by atoms with Crippen LogP contribution in [0.2, 0.25) is 0 Å². The number of nitrogens with zero attached hydrogens (tertiary/aromatic N) is 2. The maximum atomic E-state index is 12.7. The van der Waals surface area contributed by atoms with E-state index in [1.54, 1.807) is 26.1 Å². The molecule has 2 rings (SSSR count). The van der Waals surface area contributed by atoms with Crippen LogP contribution in [0.3, 0.4) is 0 Å². The summed E-state index contributed by atoms with van der Waals surface area (Å²) in [6.45, 7) is 1.56. The number of likely N-dealkylation sites (N-methyl/N-ethyl adjacent to an activating group) is 1. The van der Waals surface area contributed by atoms with E-state index in [0.717, 1.165) is 24.2 Å². The first kappa shape index (κ1) is 19.3. The number of nitriles is 1. The molecule has 0 spiro atoms. The van der Waals surface area contributed by atoms with Crippen LogP contribution in [0.25, 0.3) is 0 Å². The van der Waals surface area contributed by atoms with Crippen LogP contribution < -0.4 is 0 Å². The summed E-state index contributed by atoms with van der Waals surface area (Å²) in [5.41, 5.74) is -0.336. The lowest BCUT2D eigenvalue weighted by atomic mass is 9.81. The summed E-state index contributed by atoms with van der Waals surface area (Å²) in [7, 11) is 1.64. The number of ether oxygens (including phenoxy) is 1. The number of esters is 1. The highest BCUT2D eigenvalue weighted by molar-refractivity contribution is 7.98. The number of hydrogen-bond donors (Lipinski definition) is 0. The molecule has 0 saturated heterocycles. The first-order chi connectivity index (χ1) is 11.9. The number of amides is 1. The summed E-state index contributed by atoms with van der Waals surface area (Å²) in [6, 6.07) is 9.46. The van der Waals surface area contributed by atoms with Crippen molar-refractivity contribution in [2.45, 2.75) is 55.6 Å². The number of hydrogen-bond acceptors (Lipinski definition) is 5. The van der Waals surface area contributed by atoms with Gasteiger partial charge in [0, 0.05) is 11.9 Å². The fourth-order valence-electron chi connectivity index (χ4n) is 3.23. The number of carbonyl (C=O) groups excluding carboxylic acids is 2. The molecule has 0 aromatic heterocycles. The van der Waals surface area contributed by atoms with Crippen LogP contribution >= 0.6 is 11.8 Å². The average Bonchev–Trinajstić information content (AvgIpc) is 2.67. The van der Waals surface area contributed by atoms with E-state index >= 15 is 0 Å². The monoisotopic (exact) mass is 360 g/mol. The van der Waals surface area contributed by atoms with E-state index < -0.39 is 17.6 Å². The molecule has 1 fully saturated rings. The minimum Gasteiger partial charge on any atom is -0.449 e. The van der Waals surface area contributed by atoms with Crippen molar-refractivity contribution in [1.29, 1.82) is 5.26 Å². The maximum Gasteiger partial charge on any atom is 0.340 e. The molecule has 1 atom stereocenters. The summed E-state index contributed by atoms with van der Waals surface area (Å²) >= 11 is 1.45. The summed E-state index contributed by atoms with van der Waals surface area (Å²) in [6.07, 6.45) is 5.24. The number of carbonyl (C=O) groups is 2. The zero-order valence-electron chi connectivity index (χ0n) is 14.9. The fraction of sp³-hybridized carbons (Fsp3) is 0.526. The third-order valence-electron chi connectivity index (χ3n) is 4.82. The van der Waals surface area contributed by atoms with E-state index in [9.17, 15) is 14.9 Å². The van der Waals surface area contributed by atoms with Gasteiger partial charge in [0.2, 0.25) is 0 Å². The molecule has 0 radical (unpaired) electrons. The molecule has 1 aromatic rings. The highest BCUT2D eigenvalue weighted by Gasteiger charge is 2.40. The molecule has 25 heavy (non-hydrogen) atoms. The van der Waals surface area contributed by atoms with Crippen LogP contribution in [0.15, 0.2) is 29.2 Å². The minimum atomic E-state index is -0.931. The van der Waals surface area contributed by atoms with Gasteiger partial charge in [0.1, 0.15) is 5.54 Å². The smallest absolute Gasteiger partial charge is 0.340 e. The normalized spacial score (nSPS) is 17.2. The van der Waals surface area contributed by atoms with E-state index in [4.69, 9.17) is 4.74 Å². The summed E-state index contributed by atoms with van der Waals surface area (Å²) in [5.74, 6) is -0.854. The molecule has 1 aliphatic rings. The Morgan fingerprint density at radius 1 is 1.28 bits per heavy atom. The Hall–Kier alpha value is -2.00. The second-order valence-corrected chi connectivity index (χ2v) is 7.20. The largest absolute Gasteiger partial charge is 0.449 e. The van der Waals surface area contributed by atoms with Gasteiger partial charge in [0.05, 0.1) is 11.6 Å². The Bertz CT molecular complexity index is 677. The van der Waals surface area contributed by atoms with Crippen LogP contribution in [0.5, 0.6) is 0 Å². The molecule has 0 bridgehead atoms. The predicted octanol–water partition coefficient (Wildman–Crippen LogP) is 3.64. The fourth-order valence-corrected chi connectivity index (χ4v) is 3.82. The van der Waals surface area contributed by atoms with Crippen molar-refractivity contribution in [2.75, 3.05) is 13.3 Å². The summed E-state index contributed by atoms with van der Waals surface area (Å²) < 4.78 is 5.39. The predicted molar refractivity (Wildman–Crippen MR) is 97.3 cm³/mol. The maximum absolute atomic E-state index is 12.7. The molecular formula is C19H24N2O3S. The van der Waals surface area contributed by atoms with Crippen LogP contribution in [0.1, 0.15) is 49.4 Å². The molecule has 5 nitrogen and oxygen atoms in total. The SMILES string of the molecule is CSc1ccccc1C(=O)O[C@@H](C)C(=O)N(C)C1(C#N)CCCCC1. The van der Waals surface area contributed by atoms with Crippen molar-refractivity contribution in [3.05, 3.63) is 29.8 Å². The molecule has 6 heteroatoms. The summed E-state index contributed by atoms with van der Waals surface area (Å²) in [5, 5.41) is 9.62. The van der Waals surface area contributed by atoms with Crippen LogP contribution in [0, 0.1) is 11.3 Å². The highest BCUT2D eigenvalue weighted by atomic mass is 32.2. The van der Waals surface area contributed by atoms with Crippen molar-refractivity contribution in [1.82, 2.24) is 4.90 Å². The number of thioether (sulfide) groups is 1. The molecule has 1 amide bonds. The molecule has 0 unspecified atom stereocenters. The van der Waals surface area contributed by atoms with Gasteiger partial charge in [-0.2, -0.15) is 5.26 Å². The first-order valence-corrected chi connectivity index (χ1v) is 9.70. The summed E-state index contributed by atoms with van der Waals surface area (Å²) in [4.78, 5) is 27.4. The topological polar surface area (TPSA) is 70.4 Å². The Morgan fingerprint density at radius 2 is 1.92 bits per heavy atom. The first-order valence-electron chi connectivity index (χ1n) is 8.48. The lowest BCUT2D eigenvalue weighted by Gasteiger charge is -2.39. The highest BCUT2D eigenvalue weighted by Crippen LogP contribution is 2.33. The second kappa shape index (κ2) is 8.39. The average molecular weight is 360 g/mol. The molecule has 0 aliphatic heterocycles. The van der Waals surface area contributed by atoms with E-state index in [0.29, 0.717) is 18.4 Å². The van der Waals surface area contributed by atoms with Gasteiger partial charge in [-0.25, -0.2) is 4.79 Å². The van der Waals surface area contributed by atoms with Crippen molar-refractivity contribution in [3.63, 3.8) is 0 Å². The van der Waals surface area contributed by atoms with Crippen LogP contribution in [-0.2, 0) is 9.53 Å². The van der Waals surface area contributed by atoms with Gasteiger partial charge in [-0.05, 0) is 38.2 Å². The Kier molecular flexibility index (Phi) is 6.49. The Morgan fingerprint density at radius 3 is 2.52 bits per heavy atom. The Labute approximate surface area is 153 Å². The standard InChI is InChI=1S/C19H24N2O3S/c1-14(24-18(23)15-9-5-6-10-16(15)25-3)17(22)21(2)19(13-20)11-7-4-8-12-19/h5-6,9-10,14H,4,7-8,11-12H2,1-3H3/t14-/m0/s1. The van der Waals surface area contributed by atoms with Gasteiger partial charge < -0.3 is 9.64 Å². The van der Waals surface area contributed by atoms with Gasteiger partial charge in [-0.15, -0.1) is 11.8 Å². The van der Waals surface area contributed by atoms with Gasteiger partial charge in [0.15, 0.2) is 6.10 Å². The minimum absolute atomic E-state index is 0.335. The molecule has 1 saturated carbocycles. The van der Waals surface area contributed by atoms with Gasteiger partial charge in [-0.1, -0.05) is 31.4 Å². The van der Waals surface area contributed by atoms with Gasteiger partial charge in [-0.3, -0.25) is 4.79 Å². The molecule has 134 valence electrons. The Balaban J connectivity index is 2.09. The second-order valence-electron chi connectivity index (χ2n) is 6.35. The van der Waals surface area contributed by atoms with Gasteiger partial charge >= 0.3 is 5.97 Å². The molecular weight excluding hydrogens is 336 g/mol. The van der Waals surface area contributed by atoms with Crippen molar-refractivity contribution >= 4 is 23.6 Å². The molecule has 0 N–H and O–H groups in total. The molecule has 1 aliphatic carbocycles. The quantitative estimate of drug-likeness (QED) is 0.592. The number of benzene rings is 1. The van der Waals surface area contributed by atoms with Crippen molar-refractivity contribution in [2.24, 2.45) is 0 Å². The third-order valence-corrected chi connectivity index (χ3v) is 5.62. The molecule has 0 heterocycles. The number of rotatable bonds is 5. The van der Waals surface area contributed by atoms with Crippen molar-refractivity contribution in [3.8, 4) is 6.07 Å². The zero-order chi connectivity index (χ0) is 18.4. The third kappa shape index (κ3) is 4.16. The van der Waals surface area contributed by atoms with Crippen LogP contribution in [0.4, 0.5) is 0 Å².